The molecule has 2 aromatic carbocycles. The van der Waals surface area contributed by atoms with E-state index in [1.54, 1.807) is 6.21 Å². The first-order valence-corrected chi connectivity index (χ1v) is 7.60. The van der Waals surface area contributed by atoms with Crippen molar-refractivity contribution in [3.63, 3.8) is 0 Å². The first kappa shape index (κ1) is 14.1. The average molecular weight is 313 g/mol. The standard InChI is InChI=1S/C19H15N5/c1-2-11-24-13-14(15-7-3-6-10-18(15)24)12-20-23-19-21-16-8-4-5-9-17(16)22-19/h1,3-10,12-13H,11H2,(H2,21,22,23)/b20-12+. The van der Waals surface area contributed by atoms with Crippen molar-refractivity contribution in [1.82, 2.24) is 14.5 Å². The Labute approximate surface area is 139 Å². The van der Waals surface area contributed by atoms with Crippen molar-refractivity contribution in [2.45, 2.75) is 6.54 Å². The average Bonchev–Trinajstić information content (AvgIpc) is 3.17. The number of imidazole rings is 1. The van der Waals surface area contributed by atoms with E-state index < -0.39 is 0 Å². The van der Waals surface area contributed by atoms with Gasteiger partial charge in [0.15, 0.2) is 0 Å². The van der Waals surface area contributed by atoms with E-state index in [-0.39, 0.29) is 0 Å². The van der Waals surface area contributed by atoms with Gasteiger partial charge in [0.1, 0.15) is 0 Å². The Balaban J connectivity index is 1.61. The monoisotopic (exact) mass is 313 g/mol. The summed E-state index contributed by atoms with van der Waals surface area (Å²) in [5, 5.41) is 5.41. The Morgan fingerprint density at radius 3 is 2.92 bits per heavy atom. The minimum absolute atomic E-state index is 0.533. The van der Waals surface area contributed by atoms with Gasteiger partial charge in [0.25, 0.3) is 0 Å². The predicted molar refractivity (Wildman–Crippen MR) is 98.1 cm³/mol. The molecular formula is C19H15N5. The molecule has 0 unspecified atom stereocenters. The highest BCUT2D eigenvalue weighted by Crippen LogP contribution is 2.20. The highest BCUT2D eigenvalue weighted by atomic mass is 15.3. The van der Waals surface area contributed by atoms with Gasteiger partial charge in [0.2, 0.25) is 5.95 Å². The van der Waals surface area contributed by atoms with Crippen LogP contribution in [0.3, 0.4) is 0 Å². The summed E-state index contributed by atoms with van der Waals surface area (Å²) in [5.41, 5.74) is 6.92. The molecule has 24 heavy (non-hydrogen) atoms. The molecule has 2 aromatic heterocycles. The maximum absolute atomic E-state index is 5.44. The van der Waals surface area contributed by atoms with E-state index in [4.69, 9.17) is 6.42 Å². The van der Waals surface area contributed by atoms with Gasteiger partial charge in [-0.2, -0.15) is 5.10 Å². The number of anilines is 1. The van der Waals surface area contributed by atoms with Crippen molar-refractivity contribution < 1.29 is 0 Å². The number of terminal acetylenes is 1. The number of hydrogen-bond acceptors (Lipinski definition) is 3. The van der Waals surface area contributed by atoms with Gasteiger partial charge in [-0.05, 0) is 18.2 Å². The smallest absolute Gasteiger partial charge is 0.222 e. The van der Waals surface area contributed by atoms with Crippen molar-refractivity contribution in [1.29, 1.82) is 0 Å². The third-order valence-corrected chi connectivity index (χ3v) is 3.84. The van der Waals surface area contributed by atoms with Crippen LogP contribution in [0.1, 0.15) is 5.56 Å². The van der Waals surface area contributed by atoms with Crippen LogP contribution in [0.15, 0.2) is 59.8 Å². The zero-order valence-electron chi connectivity index (χ0n) is 12.9. The minimum Gasteiger partial charge on any atom is -0.335 e. The maximum Gasteiger partial charge on any atom is 0.222 e. The second-order valence-electron chi connectivity index (χ2n) is 5.41. The molecule has 0 bridgehead atoms. The maximum atomic E-state index is 5.44. The Kier molecular flexibility index (Phi) is 3.49. The molecule has 0 radical (unpaired) electrons. The van der Waals surface area contributed by atoms with E-state index >= 15 is 0 Å². The summed E-state index contributed by atoms with van der Waals surface area (Å²) in [6.07, 6.45) is 9.23. The highest BCUT2D eigenvalue weighted by molar-refractivity contribution is 5.99. The third-order valence-electron chi connectivity index (χ3n) is 3.84. The number of hydrogen-bond donors (Lipinski definition) is 2. The number of nitrogens with one attached hydrogen (secondary N) is 2. The van der Waals surface area contributed by atoms with Gasteiger partial charge in [-0.15, -0.1) is 6.42 Å². The second-order valence-corrected chi connectivity index (χ2v) is 5.41. The summed E-state index contributed by atoms with van der Waals surface area (Å²) in [7, 11) is 0. The van der Waals surface area contributed by atoms with E-state index in [0.29, 0.717) is 12.5 Å². The topological polar surface area (TPSA) is 58.0 Å². The molecular weight excluding hydrogens is 298 g/mol. The molecule has 0 atom stereocenters. The van der Waals surface area contributed by atoms with Gasteiger partial charge in [-0.1, -0.05) is 36.3 Å². The lowest BCUT2D eigenvalue weighted by Gasteiger charge is -1.97. The number of H-pyrrole nitrogens is 1. The van der Waals surface area contributed by atoms with Gasteiger partial charge in [-0.3, -0.25) is 0 Å². The lowest BCUT2D eigenvalue weighted by molar-refractivity contribution is 0.886. The van der Waals surface area contributed by atoms with Gasteiger partial charge in [0, 0.05) is 22.7 Å². The SMILES string of the molecule is C#CCn1cc(/C=N/Nc2nc3ccccc3[nH]2)c2ccccc21. The molecule has 4 rings (SSSR count). The molecule has 0 spiro atoms. The molecule has 0 saturated heterocycles. The number of aromatic nitrogens is 3. The van der Waals surface area contributed by atoms with Crippen LogP contribution in [0, 0.1) is 12.3 Å². The van der Waals surface area contributed by atoms with E-state index in [2.05, 4.69) is 38.5 Å². The Bertz CT molecular complexity index is 1040. The number of hydrazone groups is 1. The van der Waals surface area contributed by atoms with Crippen LogP contribution in [0.2, 0.25) is 0 Å². The molecule has 0 saturated carbocycles. The normalized spacial score (nSPS) is 11.3. The molecule has 0 fully saturated rings. The minimum atomic E-state index is 0.533. The summed E-state index contributed by atoms with van der Waals surface area (Å²) in [6, 6.07) is 16.0. The van der Waals surface area contributed by atoms with Crippen LogP contribution in [-0.2, 0) is 6.54 Å². The fraction of sp³-hybridized carbons (Fsp3) is 0.0526. The Morgan fingerprint density at radius 2 is 2.04 bits per heavy atom. The summed E-state index contributed by atoms with van der Waals surface area (Å²) >= 11 is 0. The number of benzene rings is 2. The molecule has 0 amide bonds. The second kappa shape index (κ2) is 5.94. The van der Waals surface area contributed by atoms with Crippen LogP contribution < -0.4 is 5.43 Å². The molecule has 2 N–H and O–H groups in total. The first-order chi connectivity index (χ1) is 11.8. The number of fused-ring (bicyclic) bond motifs is 2. The van der Waals surface area contributed by atoms with Crippen molar-refractivity contribution in [2.75, 3.05) is 5.43 Å². The van der Waals surface area contributed by atoms with Crippen LogP contribution in [0.4, 0.5) is 5.95 Å². The molecule has 116 valence electrons. The summed E-state index contributed by atoms with van der Waals surface area (Å²) in [6.45, 7) is 0.533. The van der Waals surface area contributed by atoms with Crippen molar-refractivity contribution in [3.8, 4) is 12.3 Å². The first-order valence-electron chi connectivity index (χ1n) is 7.60. The largest absolute Gasteiger partial charge is 0.335 e. The number of para-hydroxylation sites is 3. The number of rotatable bonds is 4. The van der Waals surface area contributed by atoms with Crippen LogP contribution >= 0.6 is 0 Å². The predicted octanol–water partition coefficient (Wildman–Crippen LogP) is 3.60. The third kappa shape index (κ3) is 2.50. The number of aromatic amines is 1. The van der Waals surface area contributed by atoms with Crippen molar-refractivity contribution in [2.24, 2.45) is 5.10 Å². The van der Waals surface area contributed by atoms with Crippen molar-refractivity contribution in [3.05, 3.63) is 60.3 Å². The van der Waals surface area contributed by atoms with Crippen LogP contribution in [0.25, 0.3) is 21.9 Å². The summed E-state index contributed by atoms with van der Waals surface area (Å²) in [4.78, 5) is 7.61. The van der Waals surface area contributed by atoms with Gasteiger partial charge >= 0.3 is 0 Å². The van der Waals surface area contributed by atoms with E-state index in [9.17, 15) is 0 Å². The Hall–Kier alpha value is -3.52. The lowest BCUT2D eigenvalue weighted by atomic mass is 10.2. The van der Waals surface area contributed by atoms with E-state index in [1.807, 2.05) is 47.2 Å². The molecule has 0 aliphatic heterocycles. The molecule has 2 heterocycles. The van der Waals surface area contributed by atoms with Crippen LogP contribution in [-0.4, -0.2) is 20.7 Å². The molecule has 5 nitrogen and oxygen atoms in total. The fourth-order valence-electron chi connectivity index (χ4n) is 2.78. The molecule has 5 heteroatoms. The fourth-order valence-corrected chi connectivity index (χ4v) is 2.78. The lowest BCUT2D eigenvalue weighted by Crippen LogP contribution is -1.93. The summed E-state index contributed by atoms with van der Waals surface area (Å²) < 4.78 is 2.04. The van der Waals surface area contributed by atoms with E-state index in [0.717, 1.165) is 27.5 Å². The number of nitrogens with zero attached hydrogens (tertiary/aromatic N) is 3. The van der Waals surface area contributed by atoms with Crippen molar-refractivity contribution >= 4 is 34.1 Å². The zero-order chi connectivity index (χ0) is 16.4. The van der Waals surface area contributed by atoms with Gasteiger partial charge in [-0.25, -0.2) is 10.4 Å². The van der Waals surface area contributed by atoms with Gasteiger partial charge in [0.05, 0.1) is 23.8 Å². The quantitative estimate of drug-likeness (QED) is 0.343. The highest BCUT2D eigenvalue weighted by Gasteiger charge is 2.05. The molecule has 0 aliphatic carbocycles. The van der Waals surface area contributed by atoms with Gasteiger partial charge < -0.3 is 9.55 Å². The van der Waals surface area contributed by atoms with E-state index in [1.165, 1.54) is 0 Å². The Morgan fingerprint density at radius 1 is 1.21 bits per heavy atom. The van der Waals surface area contributed by atoms with Crippen LogP contribution in [0.5, 0.6) is 0 Å². The molecule has 0 aliphatic rings. The summed E-state index contributed by atoms with van der Waals surface area (Å²) in [5.74, 6) is 3.29. The zero-order valence-corrected chi connectivity index (χ0v) is 12.9. The molecule has 4 aromatic rings.